The SMILES string of the molecule is Cc1[nH]c2ccccc2c1C(=O)[C@@H](C)Sc1nnc(-c2ccc(Br)cc2)o1. The highest BCUT2D eigenvalue weighted by atomic mass is 79.9. The third-order valence-electron chi connectivity index (χ3n) is 4.28. The Balaban J connectivity index is 1.55. The molecule has 27 heavy (non-hydrogen) atoms. The van der Waals surface area contributed by atoms with Crippen LogP contribution in [0.3, 0.4) is 0 Å². The van der Waals surface area contributed by atoms with Crippen molar-refractivity contribution >= 4 is 44.4 Å². The van der Waals surface area contributed by atoms with Gasteiger partial charge in [-0.1, -0.05) is 45.9 Å². The number of thioether (sulfide) groups is 1. The number of aryl methyl sites for hydroxylation is 1. The molecular weight excluding hydrogens is 426 g/mol. The van der Waals surface area contributed by atoms with Crippen LogP contribution in [0.25, 0.3) is 22.4 Å². The van der Waals surface area contributed by atoms with Crippen LogP contribution in [-0.2, 0) is 0 Å². The summed E-state index contributed by atoms with van der Waals surface area (Å²) in [5.41, 5.74) is 3.39. The van der Waals surface area contributed by atoms with Crippen molar-refractivity contribution in [3.05, 3.63) is 64.3 Å². The summed E-state index contributed by atoms with van der Waals surface area (Å²) < 4.78 is 6.71. The average molecular weight is 442 g/mol. The van der Waals surface area contributed by atoms with Crippen molar-refractivity contribution in [2.75, 3.05) is 0 Å². The maximum Gasteiger partial charge on any atom is 0.277 e. The van der Waals surface area contributed by atoms with Gasteiger partial charge in [0.15, 0.2) is 5.78 Å². The van der Waals surface area contributed by atoms with Gasteiger partial charge >= 0.3 is 0 Å². The normalized spacial score (nSPS) is 12.4. The molecule has 0 spiro atoms. The molecule has 0 radical (unpaired) electrons. The average Bonchev–Trinajstić information content (AvgIpc) is 3.25. The van der Waals surface area contributed by atoms with Gasteiger partial charge in [0.1, 0.15) is 0 Å². The minimum atomic E-state index is -0.346. The topological polar surface area (TPSA) is 71.8 Å². The Morgan fingerprint density at radius 1 is 1.15 bits per heavy atom. The summed E-state index contributed by atoms with van der Waals surface area (Å²) in [4.78, 5) is 16.3. The van der Waals surface area contributed by atoms with Crippen molar-refractivity contribution in [3.63, 3.8) is 0 Å². The van der Waals surface area contributed by atoms with Gasteiger partial charge < -0.3 is 9.40 Å². The lowest BCUT2D eigenvalue weighted by Gasteiger charge is -2.07. The van der Waals surface area contributed by atoms with E-state index >= 15 is 0 Å². The molecule has 2 aromatic carbocycles. The summed E-state index contributed by atoms with van der Waals surface area (Å²) in [5, 5.41) is 9.14. The number of hydrogen-bond donors (Lipinski definition) is 1. The van der Waals surface area contributed by atoms with Gasteiger partial charge in [0.2, 0.25) is 5.89 Å². The van der Waals surface area contributed by atoms with Gasteiger partial charge in [-0.25, -0.2) is 0 Å². The van der Waals surface area contributed by atoms with Crippen molar-refractivity contribution in [2.24, 2.45) is 0 Å². The molecule has 2 aromatic heterocycles. The van der Waals surface area contributed by atoms with E-state index in [-0.39, 0.29) is 11.0 Å². The monoisotopic (exact) mass is 441 g/mol. The fraction of sp³-hybridized carbons (Fsp3) is 0.150. The first-order valence-corrected chi connectivity index (χ1v) is 10.1. The third kappa shape index (κ3) is 3.57. The van der Waals surface area contributed by atoms with Crippen LogP contribution in [0.5, 0.6) is 0 Å². The Hall–Kier alpha value is -2.38. The molecule has 0 amide bonds. The predicted molar refractivity (Wildman–Crippen MR) is 110 cm³/mol. The Kier molecular flexibility index (Phi) is 4.88. The molecule has 0 unspecified atom stereocenters. The van der Waals surface area contributed by atoms with Gasteiger partial charge in [-0.3, -0.25) is 4.79 Å². The molecule has 2 heterocycles. The van der Waals surface area contributed by atoms with E-state index in [2.05, 4.69) is 31.1 Å². The highest BCUT2D eigenvalue weighted by molar-refractivity contribution is 9.10. The molecule has 4 aromatic rings. The van der Waals surface area contributed by atoms with Gasteiger partial charge in [0.05, 0.1) is 5.25 Å². The van der Waals surface area contributed by atoms with E-state index < -0.39 is 0 Å². The van der Waals surface area contributed by atoms with Crippen LogP contribution in [0.2, 0.25) is 0 Å². The van der Waals surface area contributed by atoms with Gasteiger partial charge in [0.25, 0.3) is 5.22 Å². The summed E-state index contributed by atoms with van der Waals surface area (Å²) in [7, 11) is 0. The summed E-state index contributed by atoms with van der Waals surface area (Å²) in [6, 6.07) is 15.4. The summed E-state index contributed by atoms with van der Waals surface area (Å²) in [5.74, 6) is 0.478. The Labute approximate surface area is 168 Å². The van der Waals surface area contributed by atoms with Gasteiger partial charge in [-0.05, 0) is 44.2 Å². The number of rotatable bonds is 5. The molecule has 0 bridgehead atoms. The highest BCUT2D eigenvalue weighted by Gasteiger charge is 2.24. The van der Waals surface area contributed by atoms with Crippen LogP contribution in [0.1, 0.15) is 23.0 Å². The second-order valence-electron chi connectivity index (χ2n) is 6.17. The summed E-state index contributed by atoms with van der Waals surface area (Å²) >= 11 is 4.68. The second-order valence-corrected chi connectivity index (χ2v) is 8.38. The number of benzene rings is 2. The summed E-state index contributed by atoms with van der Waals surface area (Å²) in [6.07, 6.45) is 0. The number of nitrogens with one attached hydrogen (secondary N) is 1. The molecule has 0 aliphatic carbocycles. The predicted octanol–water partition coefficient (Wildman–Crippen LogP) is 5.65. The quantitative estimate of drug-likeness (QED) is 0.319. The first-order chi connectivity index (χ1) is 13.0. The molecule has 0 saturated carbocycles. The zero-order valence-electron chi connectivity index (χ0n) is 14.7. The Bertz CT molecular complexity index is 1120. The number of H-pyrrole nitrogens is 1. The van der Waals surface area contributed by atoms with Gasteiger partial charge in [-0.15, -0.1) is 10.2 Å². The second kappa shape index (κ2) is 7.32. The fourth-order valence-electron chi connectivity index (χ4n) is 2.97. The highest BCUT2D eigenvalue weighted by Crippen LogP contribution is 2.31. The van der Waals surface area contributed by atoms with Crippen molar-refractivity contribution in [2.45, 2.75) is 24.3 Å². The zero-order valence-corrected chi connectivity index (χ0v) is 17.1. The lowest BCUT2D eigenvalue weighted by molar-refractivity contribution is 0.0994. The van der Waals surface area contributed by atoms with E-state index in [1.165, 1.54) is 11.8 Å². The smallest absolute Gasteiger partial charge is 0.277 e. The summed E-state index contributed by atoms with van der Waals surface area (Å²) in [6.45, 7) is 3.78. The van der Waals surface area contributed by atoms with Crippen LogP contribution in [0, 0.1) is 6.92 Å². The molecule has 1 atom stereocenters. The molecule has 5 nitrogen and oxygen atoms in total. The molecule has 1 N–H and O–H groups in total. The van der Waals surface area contributed by atoms with Gasteiger partial charge in [0, 0.05) is 32.2 Å². The number of carbonyl (C=O) groups excluding carboxylic acids is 1. The van der Waals surface area contributed by atoms with Crippen LogP contribution >= 0.6 is 27.7 Å². The van der Waals surface area contributed by atoms with Crippen molar-refractivity contribution < 1.29 is 9.21 Å². The number of hydrogen-bond acceptors (Lipinski definition) is 5. The van der Waals surface area contributed by atoms with Crippen LogP contribution < -0.4 is 0 Å². The molecule has 0 saturated heterocycles. The number of ketones is 1. The molecular formula is C20H16BrN3O2S. The lowest BCUT2D eigenvalue weighted by atomic mass is 10.1. The zero-order chi connectivity index (χ0) is 19.0. The van der Waals surface area contributed by atoms with Crippen LogP contribution in [-0.4, -0.2) is 26.2 Å². The van der Waals surface area contributed by atoms with Crippen molar-refractivity contribution in [1.82, 2.24) is 15.2 Å². The molecule has 0 fully saturated rings. The number of Topliss-reactive ketones (excluding diaryl/α,β-unsaturated/α-hetero) is 1. The Morgan fingerprint density at radius 3 is 2.67 bits per heavy atom. The van der Waals surface area contributed by atoms with E-state index in [1.54, 1.807) is 0 Å². The van der Waals surface area contributed by atoms with E-state index in [0.717, 1.165) is 32.2 Å². The molecule has 136 valence electrons. The number of nitrogens with zero attached hydrogens (tertiary/aromatic N) is 2. The molecule has 0 aliphatic rings. The number of halogens is 1. The maximum absolute atomic E-state index is 13.0. The van der Waals surface area contributed by atoms with Crippen molar-refractivity contribution in [3.8, 4) is 11.5 Å². The number of carbonyl (C=O) groups is 1. The number of aromatic nitrogens is 3. The number of para-hydroxylation sites is 1. The van der Waals surface area contributed by atoms with Crippen LogP contribution in [0.15, 0.2) is 62.6 Å². The standard InChI is InChI=1S/C20H16BrN3O2S/c1-11-17(15-5-3-4-6-16(15)22-11)18(25)12(2)27-20-24-23-19(26-20)13-7-9-14(21)10-8-13/h3-10,12,22H,1-2H3/t12-/m1/s1. The van der Waals surface area contributed by atoms with E-state index in [9.17, 15) is 4.79 Å². The van der Waals surface area contributed by atoms with E-state index in [1.807, 2.05) is 62.4 Å². The first-order valence-electron chi connectivity index (χ1n) is 8.40. The number of aromatic amines is 1. The fourth-order valence-corrected chi connectivity index (χ4v) is 3.98. The largest absolute Gasteiger partial charge is 0.411 e. The minimum Gasteiger partial charge on any atom is -0.411 e. The molecule has 7 heteroatoms. The first kappa shape index (κ1) is 18.0. The van der Waals surface area contributed by atoms with E-state index in [0.29, 0.717) is 11.1 Å². The molecule has 0 aliphatic heterocycles. The van der Waals surface area contributed by atoms with Crippen molar-refractivity contribution in [1.29, 1.82) is 0 Å². The number of fused-ring (bicyclic) bond motifs is 1. The van der Waals surface area contributed by atoms with E-state index in [4.69, 9.17) is 4.42 Å². The maximum atomic E-state index is 13.0. The Morgan fingerprint density at radius 2 is 1.89 bits per heavy atom. The van der Waals surface area contributed by atoms with Gasteiger partial charge in [-0.2, -0.15) is 0 Å². The third-order valence-corrected chi connectivity index (χ3v) is 5.75. The lowest BCUT2D eigenvalue weighted by Crippen LogP contribution is -2.14. The van der Waals surface area contributed by atoms with Crippen LogP contribution in [0.4, 0.5) is 0 Å². The minimum absolute atomic E-state index is 0.0401. The molecule has 4 rings (SSSR count).